The van der Waals surface area contributed by atoms with E-state index in [9.17, 15) is 4.79 Å². The number of hydrogen-bond donors (Lipinski definition) is 2. The number of rotatable bonds is 3. The van der Waals surface area contributed by atoms with E-state index >= 15 is 0 Å². The Morgan fingerprint density at radius 3 is 2.79 bits per heavy atom. The van der Waals surface area contributed by atoms with Gasteiger partial charge in [0.15, 0.2) is 0 Å². The lowest BCUT2D eigenvalue weighted by atomic mass is 10.0. The highest BCUT2D eigenvalue weighted by Crippen LogP contribution is 2.22. The number of fused-ring (bicyclic) bond motifs is 1. The molecule has 0 saturated carbocycles. The van der Waals surface area contributed by atoms with Gasteiger partial charge in [-0.1, -0.05) is 5.16 Å². The summed E-state index contributed by atoms with van der Waals surface area (Å²) in [6, 6.07) is 1.73. The summed E-state index contributed by atoms with van der Waals surface area (Å²) in [7, 11) is 0. The average molecular weight is 262 g/mol. The van der Waals surface area contributed by atoms with Crippen LogP contribution >= 0.6 is 0 Å². The summed E-state index contributed by atoms with van der Waals surface area (Å²) in [6.45, 7) is 7.69. The molecule has 2 heterocycles. The summed E-state index contributed by atoms with van der Waals surface area (Å²) in [4.78, 5) is 16.6. The van der Waals surface area contributed by atoms with Crippen LogP contribution < -0.4 is 11.1 Å². The maximum atomic E-state index is 12.4. The number of pyridine rings is 1. The Labute approximate surface area is 111 Å². The van der Waals surface area contributed by atoms with E-state index < -0.39 is 5.54 Å². The van der Waals surface area contributed by atoms with Crippen molar-refractivity contribution in [3.8, 4) is 0 Å². The van der Waals surface area contributed by atoms with Gasteiger partial charge in [-0.25, -0.2) is 4.98 Å². The minimum Gasteiger partial charge on any atom is -0.346 e. The maximum absolute atomic E-state index is 12.4. The lowest BCUT2D eigenvalue weighted by Gasteiger charge is -2.24. The van der Waals surface area contributed by atoms with Gasteiger partial charge in [0, 0.05) is 17.8 Å². The predicted octanol–water partition coefficient (Wildman–Crippen LogP) is 1.31. The Balaban J connectivity index is 2.49. The number of hydrogen-bond acceptors (Lipinski definition) is 5. The second-order valence-electron chi connectivity index (χ2n) is 5.30. The van der Waals surface area contributed by atoms with Crippen molar-refractivity contribution in [3.05, 3.63) is 23.0 Å². The summed E-state index contributed by atoms with van der Waals surface area (Å²) >= 11 is 0. The van der Waals surface area contributed by atoms with Gasteiger partial charge in [0.25, 0.3) is 11.6 Å². The van der Waals surface area contributed by atoms with Gasteiger partial charge in [0.05, 0.1) is 16.6 Å². The molecule has 3 N–H and O–H groups in total. The van der Waals surface area contributed by atoms with Gasteiger partial charge in [-0.05, 0) is 33.8 Å². The summed E-state index contributed by atoms with van der Waals surface area (Å²) in [5, 5.41) is 7.40. The molecule has 2 aromatic rings. The second-order valence-corrected chi connectivity index (χ2v) is 5.30. The van der Waals surface area contributed by atoms with Crippen molar-refractivity contribution in [2.45, 2.75) is 33.2 Å². The quantitative estimate of drug-likeness (QED) is 0.869. The number of nitrogens with zero attached hydrogens (tertiary/aromatic N) is 2. The van der Waals surface area contributed by atoms with Crippen molar-refractivity contribution < 1.29 is 9.32 Å². The van der Waals surface area contributed by atoms with Crippen LogP contribution in [0, 0.1) is 13.8 Å². The molecule has 0 unspecified atom stereocenters. The van der Waals surface area contributed by atoms with Crippen molar-refractivity contribution in [2.24, 2.45) is 5.73 Å². The molecule has 0 spiro atoms. The van der Waals surface area contributed by atoms with Gasteiger partial charge < -0.3 is 15.6 Å². The molecule has 0 aliphatic rings. The molecule has 0 aliphatic heterocycles. The van der Waals surface area contributed by atoms with Crippen LogP contribution in [0.1, 0.15) is 35.6 Å². The summed E-state index contributed by atoms with van der Waals surface area (Å²) in [6.07, 6.45) is 0. The number of amides is 1. The molecule has 0 aliphatic carbocycles. The molecule has 2 aromatic heterocycles. The number of carbonyl (C=O) groups excluding carboxylic acids is 1. The molecule has 6 nitrogen and oxygen atoms in total. The molecule has 0 fully saturated rings. The van der Waals surface area contributed by atoms with Gasteiger partial charge in [0.2, 0.25) is 0 Å². The van der Waals surface area contributed by atoms with Crippen LogP contribution in [-0.4, -0.2) is 28.1 Å². The molecular formula is C13H18N4O2. The summed E-state index contributed by atoms with van der Waals surface area (Å²) in [5.74, 6) is -0.197. The predicted molar refractivity (Wildman–Crippen MR) is 71.9 cm³/mol. The Morgan fingerprint density at radius 1 is 1.47 bits per heavy atom. The van der Waals surface area contributed by atoms with Crippen molar-refractivity contribution in [1.29, 1.82) is 0 Å². The maximum Gasteiger partial charge on any atom is 0.258 e. The fourth-order valence-corrected chi connectivity index (χ4v) is 1.82. The minimum absolute atomic E-state index is 0.197. The monoisotopic (exact) mass is 262 g/mol. The first-order valence-electron chi connectivity index (χ1n) is 6.10. The van der Waals surface area contributed by atoms with Crippen molar-refractivity contribution in [1.82, 2.24) is 15.5 Å². The highest BCUT2D eigenvalue weighted by Gasteiger charge is 2.23. The highest BCUT2D eigenvalue weighted by atomic mass is 16.5. The van der Waals surface area contributed by atoms with E-state index in [1.165, 1.54) is 0 Å². The summed E-state index contributed by atoms with van der Waals surface area (Å²) < 4.78 is 5.11. The van der Waals surface area contributed by atoms with Crippen LogP contribution in [0.4, 0.5) is 0 Å². The molecular weight excluding hydrogens is 244 g/mol. The molecule has 0 atom stereocenters. The largest absolute Gasteiger partial charge is 0.346 e. The Hall–Kier alpha value is -1.95. The molecule has 0 saturated heterocycles. The number of nitrogens with two attached hydrogens (primary N) is 1. The zero-order chi connectivity index (χ0) is 14.2. The normalized spacial score (nSPS) is 11.8. The van der Waals surface area contributed by atoms with Crippen LogP contribution in [0.2, 0.25) is 0 Å². The molecule has 0 bridgehead atoms. The van der Waals surface area contributed by atoms with Crippen molar-refractivity contribution in [2.75, 3.05) is 6.54 Å². The van der Waals surface area contributed by atoms with Crippen LogP contribution in [0.15, 0.2) is 10.6 Å². The highest BCUT2D eigenvalue weighted by molar-refractivity contribution is 6.06. The first kappa shape index (κ1) is 13.5. The third-order valence-electron chi connectivity index (χ3n) is 2.95. The first-order valence-corrected chi connectivity index (χ1v) is 6.10. The molecule has 102 valence electrons. The van der Waals surface area contributed by atoms with E-state index in [2.05, 4.69) is 15.5 Å². The Bertz CT molecular complexity index is 631. The van der Waals surface area contributed by atoms with Gasteiger partial charge in [-0.2, -0.15) is 0 Å². The first-order chi connectivity index (χ1) is 8.84. The van der Waals surface area contributed by atoms with E-state index in [1.54, 1.807) is 13.0 Å². The minimum atomic E-state index is -0.467. The zero-order valence-corrected chi connectivity index (χ0v) is 11.6. The van der Waals surface area contributed by atoms with Crippen LogP contribution in [0.3, 0.4) is 0 Å². The third kappa shape index (κ3) is 2.58. The van der Waals surface area contributed by atoms with Crippen LogP contribution in [0.25, 0.3) is 11.1 Å². The van der Waals surface area contributed by atoms with E-state index in [0.29, 0.717) is 34.6 Å². The van der Waals surface area contributed by atoms with Crippen molar-refractivity contribution >= 4 is 17.0 Å². The van der Waals surface area contributed by atoms with E-state index in [0.717, 1.165) is 0 Å². The fourth-order valence-electron chi connectivity index (χ4n) is 1.82. The van der Waals surface area contributed by atoms with E-state index in [-0.39, 0.29) is 5.91 Å². The van der Waals surface area contributed by atoms with Gasteiger partial charge in [0.1, 0.15) is 0 Å². The fraction of sp³-hybridized carbons (Fsp3) is 0.462. The number of nitrogens with one attached hydrogen (secondary N) is 1. The third-order valence-corrected chi connectivity index (χ3v) is 2.95. The second kappa shape index (κ2) is 4.62. The molecule has 1 amide bonds. The summed E-state index contributed by atoms with van der Waals surface area (Å²) in [5.41, 5.74) is 7.42. The lowest BCUT2D eigenvalue weighted by Crippen LogP contribution is -2.48. The lowest BCUT2D eigenvalue weighted by molar-refractivity contribution is 0.0917. The standard InChI is InChI=1S/C13H18N4O2/c1-7-5-9(11(18)16-13(3,4)6-14)10-8(2)17-19-12(10)15-7/h5H,6,14H2,1-4H3,(H,16,18). The van der Waals surface area contributed by atoms with E-state index in [1.807, 2.05) is 20.8 Å². The number of carbonyl (C=O) groups is 1. The molecule has 19 heavy (non-hydrogen) atoms. The zero-order valence-electron chi connectivity index (χ0n) is 11.6. The molecule has 2 rings (SSSR count). The topological polar surface area (TPSA) is 94.0 Å². The van der Waals surface area contributed by atoms with Crippen LogP contribution in [0.5, 0.6) is 0 Å². The molecule has 0 aromatic carbocycles. The molecule has 6 heteroatoms. The van der Waals surface area contributed by atoms with Crippen molar-refractivity contribution in [3.63, 3.8) is 0 Å². The Kier molecular flexibility index (Phi) is 3.28. The average Bonchev–Trinajstić information content (AvgIpc) is 2.69. The van der Waals surface area contributed by atoms with Gasteiger partial charge in [-0.3, -0.25) is 4.79 Å². The number of aromatic nitrogens is 2. The van der Waals surface area contributed by atoms with E-state index in [4.69, 9.17) is 10.3 Å². The molecule has 0 radical (unpaired) electrons. The van der Waals surface area contributed by atoms with Gasteiger partial charge >= 0.3 is 0 Å². The smallest absolute Gasteiger partial charge is 0.258 e. The number of aryl methyl sites for hydroxylation is 2. The SMILES string of the molecule is Cc1cc(C(=O)NC(C)(C)CN)c2c(C)noc2n1. The Morgan fingerprint density at radius 2 is 2.16 bits per heavy atom. The van der Waals surface area contributed by atoms with Gasteiger partial charge in [-0.15, -0.1) is 0 Å². The van der Waals surface area contributed by atoms with Crippen LogP contribution in [-0.2, 0) is 0 Å².